The smallest absolute Gasteiger partial charge is 0.371 e. The molecule has 3 rings (SSSR count). The molecule has 0 saturated carbocycles. The van der Waals surface area contributed by atoms with Gasteiger partial charge in [-0.2, -0.15) is 18.3 Å². The lowest BCUT2D eigenvalue weighted by Gasteiger charge is -2.27. The quantitative estimate of drug-likeness (QED) is 0.736. The van der Waals surface area contributed by atoms with Crippen molar-refractivity contribution in [3.8, 4) is 0 Å². The molecule has 2 aromatic heterocycles. The van der Waals surface area contributed by atoms with Gasteiger partial charge in [-0.25, -0.2) is 9.50 Å². The lowest BCUT2D eigenvalue weighted by Crippen LogP contribution is -2.43. The molecule has 0 N–H and O–H groups in total. The molecule has 1 aliphatic rings. The van der Waals surface area contributed by atoms with Crippen molar-refractivity contribution in [3.63, 3.8) is 0 Å². The number of hydrogen-bond donors (Lipinski definition) is 0. The summed E-state index contributed by atoms with van der Waals surface area (Å²) in [4.78, 5) is 5.74. The molecule has 3 heterocycles. The third-order valence-electron chi connectivity index (χ3n) is 3.70. The predicted octanol–water partition coefficient (Wildman–Crippen LogP) is 2.31. The summed E-state index contributed by atoms with van der Waals surface area (Å²) in [5.74, 6) is 0. The molecule has 0 spiro atoms. The highest BCUT2D eigenvalue weighted by molar-refractivity contribution is 5.62. The molecule has 0 bridgehead atoms. The van der Waals surface area contributed by atoms with Crippen molar-refractivity contribution >= 4 is 11.3 Å². The number of rotatable bonds is 0. The molecular weight excluding hydrogens is 257 g/mol. The summed E-state index contributed by atoms with van der Waals surface area (Å²) in [6, 6.07) is 1.68. The summed E-state index contributed by atoms with van der Waals surface area (Å²) in [5, 5.41) is 4.16. The molecule has 19 heavy (non-hydrogen) atoms. The highest BCUT2D eigenvalue weighted by atomic mass is 19.4. The minimum absolute atomic E-state index is 0.120. The SMILES string of the molecule is Cc1cc2ncc3c(n2n1)C(C)(C(F)(F)F)CN3C. The number of hydrogen-bond acceptors (Lipinski definition) is 3. The summed E-state index contributed by atoms with van der Waals surface area (Å²) in [5.41, 5.74) is -0.186. The fourth-order valence-electron chi connectivity index (χ4n) is 2.69. The topological polar surface area (TPSA) is 33.4 Å². The van der Waals surface area contributed by atoms with Crippen LogP contribution in [0.4, 0.5) is 18.9 Å². The van der Waals surface area contributed by atoms with Crippen LogP contribution in [0.2, 0.25) is 0 Å². The first-order valence-corrected chi connectivity index (χ1v) is 5.88. The third-order valence-corrected chi connectivity index (χ3v) is 3.70. The van der Waals surface area contributed by atoms with Crippen LogP contribution >= 0.6 is 0 Å². The first-order valence-electron chi connectivity index (χ1n) is 5.88. The molecule has 4 nitrogen and oxygen atoms in total. The number of aromatic nitrogens is 3. The van der Waals surface area contributed by atoms with E-state index in [-0.39, 0.29) is 12.2 Å². The molecule has 2 aromatic rings. The van der Waals surface area contributed by atoms with Gasteiger partial charge in [-0.1, -0.05) is 0 Å². The Morgan fingerprint density at radius 1 is 1.37 bits per heavy atom. The van der Waals surface area contributed by atoms with E-state index >= 15 is 0 Å². The zero-order chi connectivity index (χ0) is 14.0. The van der Waals surface area contributed by atoms with Crippen LogP contribution in [0.1, 0.15) is 18.3 Å². The standard InChI is InChI=1S/C12H13F3N4/c1-7-4-9-16-5-8-10(19(9)17-7)11(2,6-18(8)3)12(13,14)15/h4-5H,6H2,1-3H3. The van der Waals surface area contributed by atoms with E-state index in [2.05, 4.69) is 10.1 Å². The zero-order valence-electron chi connectivity index (χ0n) is 10.8. The Bertz CT molecular complexity index is 661. The second-order valence-electron chi connectivity index (χ2n) is 5.23. The van der Waals surface area contributed by atoms with E-state index < -0.39 is 11.6 Å². The molecule has 102 valence electrons. The van der Waals surface area contributed by atoms with Crippen molar-refractivity contribution in [2.45, 2.75) is 25.4 Å². The van der Waals surface area contributed by atoms with Crippen molar-refractivity contribution in [2.75, 3.05) is 18.5 Å². The van der Waals surface area contributed by atoms with E-state index in [0.717, 1.165) is 0 Å². The number of alkyl halides is 3. The molecule has 0 aromatic carbocycles. The van der Waals surface area contributed by atoms with E-state index in [1.807, 2.05) is 0 Å². The number of halogens is 3. The van der Waals surface area contributed by atoms with E-state index in [1.54, 1.807) is 24.9 Å². The average Bonchev–Trinajstić information content (AvgIpc) is 2.76. The van der Waals surface area contributed by atoms with E-state index in [4.69, 9.17) is 0 Å². The molecule has 1 aliphatic heterocycles. The zero-order valence-corrected chi connectivity index (χ0v) is 10.8. The second kappa shape index (κ2) is 3.40. The number of nitrogens with zero attached hydrogens (tertiary/aromatic N) is 4. The lowest BCUT2D eigenvalue weighted by molar-refractivity contribution is -0.181. The van der Waals surface area contributed by atoms with Crippen LogP contribution in [0.15, 0.2) is 12.3 Å². The van der Waals surface area contributed by atoms with Crippen LogP contribution in [0.5, 0.6) is 0 Å². The van der Waals surface area contributed by atoms with Crippen LogP contribution in [0, 0.1) is 6.92 Å². The van der Waals surface area contributed by atoms with Gasteiger partial charge in [-0.3, -0.25) is 0 Å². The van der Waals surface area contributed by atoms with Gasteiger partial charge in [0.1, 0.15) is 5.41 Å². The van der Waals surface area contributed by atoms with Crippen LogP contribution in [0.3, 0.4) is 0 Å². The largest absolute Gasteiger partial charge is 0.401 e. The van der Waals surface area contributed by atoms with Crippen molar-refractivity contribution in [2.24, 2.45) is 0 Å². The Morgan fingerprint density at radius 3 is 2.68 bits per heavy atom. The van der Waals surface area contributed by atoms with Crippen molar-refractivity contribution in [1.82, 2.24) is 14.6 Å². The van der Waals surface area contributed by atoms with Crippen LogP contribution < -0.4 is 4.90 Å². The van der Waals surface area contributed by atoms with Gasteiger partial charge < -0.3 is 4.90 Å². The van der Waals surface area contributed by atoms with Gasteiger partial charge in [0.25, 0.3) is 0 Å². The maximum Gasteiger partial charge on any atom is 0.401 e. The highest BCUT2D eigenvalue weighted by Gasteiger charge is 2.58. The maximum atomic E-state index is 13.4. The van der Waals surface area contributed by atoms with Gasteiger partial charge in [0.2, 0.25) is 0 Å². The van der Waals surface area contributed by atoms with E-state index in [1.165, 1.54) is 17.6 Å². The number of fused-ring (bicyclic) bond motifs is 3. The van der Waals surface area contributed by atoms with E-state index in [9.17, 15) is 13.2 Å². The normalized spacial score (nSPS) is 23.2. The Morgan fingerprint density at radius 2 is 2.05 bits per heavy atom. The van der Waals surface area contributed by atoms with Crippen molar-refractivity contribution in [1.29, 1.82) is 0 Å². The molecule has 1 atom stereocenters. The summed E-state index contributed by atoms with van der Waals surface area (Å²) in [6.45, 7) is 2.84. The first kappa shape index (κ1) is 12.3. The molecule has 0 amide bonds. The molecule has 0 fully saturated rings. The average molecular weight is 270 g/mol. The molecule has 0 radical (unpaired) electrons. The summed E-state index contributed by atoms with van der Waals surface area (Å²) < 4.78 is 41.7. The van der Waals surface area contributed by atoms with Gasteiger partial charge >= 0.3 is 6.18 Å². The Kier molecular flexibility index (Phi) is 2.19. The summed E-state index contributed by atoms with van der Waals surface area (Å²) in [6.07, 6.45) is -2.84. The van der Waals surface area contributed by atoms with E-state index in [0.29, 0.717) is 17.0 Å². The van der Waals surface area contributed by atoms with Gasteiger partial charge in [0, 0.05) is 19.7 Å². The Balaban J connectivity index is 2.38. The monoisotopic (exact) mass is 270 g/mol. The fraction of sp³-hybridized carbons (Fsp3) is 0.500. The number of likely N-dealkylation sites (N-methyl/N-ethyl adjacent to an activating group) is 1. The van der Waals surface area contributed by atoms with Crippen molar-refractivity contribution < 1.29 is 13.2 Å². The number of anilines is 1. The summed E-state index contributed by atoms with van der Waals surface area (Å²) >= 11 is 0. The Hall–Kier alpha value is -1.79. The minimum Gasteiger partial charge on any atom is -0.371 e. The number of aryl methyl sites for hydroxylation is 1. The maximum absolute atomic E-state index is 13.4. The first-order chi connectivity index (χ1) is 8.74. The third kappa shape index (κ3) is 1.47. The van der Waals surface area contributed by atoms with Gasteiger partial charge in [-0.15, -0.1) is 0 Å². The van der Waals surface area contributed by atoms with Gasteiger partial charge in [0.15, 0.2) is 5.65 Å². The molecular formula is C12H13F3N4. The lowest BCUT2D eigenvalue weighted by atomic mass is 9.88. The Labute approximate surface area is 107 Å². The summed E-state index contributed by atoms with van der Waals surface area (Å²) in [7, 11) is 1.64. The van der Waals surface area contributed by atoms with Gasteiger partial charge in [0.05, 0.1) is 23.3 Å². The molecule has 1 unspecified atom stereocenters. The van der Waals surface area contributed by atoms with Crippen LogP contribution in [0.25, 0.3) is 5.65 Å². The second-order valence-corrected chi connectivity index (χ2v) is 5.23. The van der Waals surface area contributed by atoms with Gasteiger partial charge in [-0.05, 0) is 13.8 Å². The molecule has 0 aliphatic carbocycles. The minimum atomic E-state index is -4.33. The van der Waals surface area contributed by atoms with Crippen molar-refractivity contribution in [3.05, 3.63) is 23.7 Å². The molecule has 0 saturated heterocycles. The highest BCUT2D eigenvalue weighted by Crippen LogP contribution is 2.49. The van der Waals surface area contributed by atoms with Crippen LogP contribution in [-0.4, -0.2) is 34.4 Å². The van der Waals surface area contributed by atoms with Crippen LogP contribution in [-0.2, 0) is 5.41 Å². The molecule has 7 heteroatoms. The predicted molar refractivity (Wildman–Crippen MR) is 64.4 cm³/mol. The fourth-order valence-corrected chi connectivity index (χ4v) is 2.69.